The number of amides is 6. The van der Waals surface area contributed by atoms with Gasteiger partial charge < -0.3 is 35.8 Å². The van der Waals surface area contributed by atoms with Gasteiger partial charge in [0.15, 0.2) is 0 Å². The van der Waals surface area contributed by atoms with Crippen LogP contribution in [0.1, 0.15) is 92.0 Å². The molecule has 342 valence electrons. The third-order valence-corrected chi connectivity index (χ3v) is 13.3. The van der Waals surface area contributed by atoms with E-state index in [4.69, 9.17) is 15.2 Å². The lowest BCUT2D eigenvalue weighted by Crippen LogP contribution is -2.58. The van der Waals surface area contributed by atoms with Crippen molar-refractivity contribution >= 4 is 41.5 Å². The molecule has 4 aromatic rings. The van der Waals surface area contributed by atoms with Crippen LogP contribution in [0.25, 0.3) is 0 Å². The second kappa shape index (κ2) is 19.1. The fourth-order valence-corrected chi connectivity index (χ4v) is 10.4. The minimum Gasteiger partial charge on any atom is -0.508 e. The lowest BCUT2D eigenvalue weighted by molar-refractivity contribution is -0.179. The van der Waals surface area contributed by atoms with Crippen LogP contribution < -0.4 is 21.3 Å². The van der Waals surface area contributed by atoms with Gasteiger partial charge in [0.1, 0.15) is 29.4 Å². The SMILES string of the molecule is COC(=O)[C@@H](NC(=O)N1C(=O)[C@@]2(c3cc(C#CCNC(N)=O)ccc31)[C@H](C(=O)N1CCCCCCC1)[C@H]1C(=O)O[C@H](c3ccccc3)[C@H](c3ccccc3)N1[C@@H]2c1ccc(O)cc1)C(C)C. The molecule has 7 atom stereocenters. The molecule has 66 heavy (non-hydrogen) atoms. The van der Waals surface area contributed by atoms with E-state index in [0.717, 1.165) is 29.7 Å². The van der Waals surface area contributed by atoms with Crippen LogP contribution in [-0.2, 0) is 34.1 Å². The summed E-state index contributed by atoms with van der Waals surface area (Å²) in [5.41, 5.74) is 5.87. The van der Waals surface area contributed by atoms with Crippen molar-refractivity contribution in [2.75, 3.05) is 31.6 Å². The predicted molar refractivity (Wildman–Crippen MR) is 243 cm³/mol. The third kappa shape index (κ3) is 8.21. The Morgan fingerprint density at radius 2 is 1.48 bits per heavy atom. The number of benzene rings is 4. The molecular weight excluding hydrogens is 841 g/mol. The molecule has 3 saturated heterocycles. The number of carbonyl (C=O) groups excluding carboxylic acids is 6. The average Bonchev–Trinajstić information content (AvgIpc) is 3.76. The van der Waals surface area contributed by atoms with Crippen molar-refractivity contribution in [3.63, 3.8) is 0 Å². The molecule has 15 heteroatoms. The summed E-state index contributed by atoms with van der Waals surface area (Å²) < 4.78 is 11.6. The first kappa shape index (κ1) is 45.4. The van der Waals surface area contributed by atoms with Crippen LogP contribution in [0.4, 0.5) is 15.3 Å². The lowest BCUT2D eigenvalue weighted by Gasteiger charge is -2.46. The zero-order valence-electron chi connectivity index (χ0n) is 37.1. The second-order valence-electron chi connectivity index (χ2n) is 17.5. The summed E-state index contributed by atoms with van der Waals surface area (Å²) in [7, 11) is 1.21. The van der Waals surface area contributed by atoms with Gasteiger partial charge in [0.05, 0.1) is 37.3 Å². The molecule has 0 radical (unpaired) electrons. The standard InChI is InChI=1S/C51H54N6O9/c1-31(2)40(46(60)65-3)54-50(64)56-38-26-21-32(16-15-27-53-49(52)63)30-37(38)51(48(56)62)39(45(59)55-28-13-5-4-6-14-29-55)42-47(61)66-43(34-19-11-8-12-20-34)41(33-17-9-7-10-18-33)57(42)44(51)35-22-24-36(58)25-23-35/h7-12,17-26,30-31,39-44,58H,4-6,13-14,27-29H2,1-3H3,(H,54,64)(H3,52,53,63)/t39-,40-,41-,42-,43+,44+,51-/m0/s1. The smallest absolute Gasteiger partial charge is 0.329 e. The summed E-state index contributed by atoms with van der Waals surface area (Å²) in [6.07, 6.45) is 3.27. The Kier molecular flexibility index (Phi) is 13.1. The fourth-order valence-electron chi connectivity index (χ4n) is 10.4. The van der Waals surface area contributed by atoms with Crippen LogP contribution >= 0.6 is 0 Å². The normalized spacial score (nSPS) is 24.2. The number of nitrogens with zero attached hydrogens (tertiary/aromatic N) is 3. The monoisotopic (exact) mass is 894 g/mol. The quantitative estimate of drug-likeness (QED) is 0.124. The Balaban J connectivity index is 1.45. The molecule has 4 aliphatic rings. The van der Waals surface area contributed by atoms with E-state index in [2.05, 4.69) is 22.5 Å². The van der Waals surface area contributed by atoms with Crippen molar-refractivity contribution in [3.8, 4) is 17.6 Å². The van der Waals surface area contributed by atoms with Gasteiger partial charge in [-0.15, -0.1) is 0 Å². The predicted octanol–water partition coefficient (Wildman–Crippen LogP) is 5.78. The number of anilines is 1. The summed E-state index contributed by atoms with van der Waals surface area (Å²) in [6, 6.07) is 23.7. The average molecular weight is 895 g/mol. The van der Waals surface area contributed by atoms with Crippen molar-refractivity contribution in [1.29, 1.82) is 0 Å². The number of nitrogens with two attached hydrogens (primary N) is 1. The molecule has 0 aliphatic carbocycles. The van der Waals surface area contributed by atoms with E-state index >= 15 is 14.4 Å². The molecule has 4 aromatic carbocycles. The fraction of sp³-hybridized carbons (Fsp3) is 0.373. The summed E-state index contributed by atoms with van der Waals surface area (Å²) in [5.74, 6) is 1.22. The van der Waals surface area contributed by atoms with Crippen molar-refractivity contribution in [1.82, 2.24) is 20.4 Å². The molecule has 5 N–H and O–H groups in total. The highest BCUT2D eigenvalue weighted by Crippen LogP contribution is 2.66. The van der Waals surface area contributed by atoms with Crippen LogP contribution in [0.15, 0.2) is 103 Å². The van der Waals surface area contributed by atoms with Gasteiger partial charge >= 0.3 is 24.0 Å². The maximum absolute atomic E-state index is 16.5. The van der Waals surface area contributed by atoms with Crippen LogP contribution in [0.3, 0.4) is 0 Å². The first-order valence-electron chi connectivity index (χ1n) is 22.4. The second-order valence-corrected chi connectivity index (χ2v) is 17.5. The van der Waals surface area contributed by atoms with E-state index in [1.807, 2.05) is 65.6 Å². The van der Waals surface area contributed by atoms with E-state index in [0.29, 0.717) is 42.6 Å². The maximum atomic E-state index is 16.5. The number of aromatic hydroxyl groups is 1. The molecule has 0 saturated carbocycles. The molecule has 1 spiro atoms. The number of likely N-dealkylation sites (tertiary alicyclic amines) is 1. The number of esters is 2. The third-order valence-electron chi connectivity index (χ3n) is 13.3. The van der Waals surface area contributed by atoms with Crippen molar-refractivity contribution < 1.29 is 43.3 Å². The minimum absolute atomic E-state index is 0.0562. The molecule has 4 heterocycles. The number of morpholine rings is 1. The minimum atomic E-state index is -2.06. The topological polar surface area (TPSA) is 201 Å². The molecule has 0 aromatic heterocycles. The van der Waals surface area contributed by atoms with Gasteiger partial charge in [-0.2, -0.15) is 0 Å². The number of ether oxygens (including phenoxy) is 2. The molecular formula is C51H54N6O9. The van der Waals surface area contributed by atoms with Crippen LogP contribution in [0.5, 0.6) is 5.75 Å². The Morgan fingerprint density at radius 3 is 2.11 bits per heavy atom. The number of rotatable bonds is 8. The van der Waals surface area contributed by atoms with Gasteiger partial charge in [0.2, 0.25) is 11.8 Å². The van der Waals surface area contributed by atoms with Crippen molar-refractivity contribution in [2.45, 2.75) is 81.6 Å². The number of fused-ring (bicyclic) bond motifs is 3. The summed E-state index contributed by atoms with van der Waals surface area (Å²) in [6.45, 7) is 4.12. The molecule has 15 nitrogen and oxygen atoms in total. The number of carbonyl (C=O) groups is 6. The maximum Gasteiger partial charge on any atom is 0.329 e. The van der Waals surface area contributed by atoms with Gasteiger partial charge in [-0.1, -0.05) is 118 Å². The molecule has 0 bridgehead atoms. The van der Waals surface area contributed by atoms with Crippen LogP contribution in [0, 0.1) is 23.7 Å². The Morgan fingerprint density at radius 1 is 0.848 bits per heavy atom. The summed E-state index contributed by atoms with van der Waals surface area (Å²) in [5, 5.41) is 15.9. The van der Waals surface area contributed by atoms with Gasteiger partial charge in [0.25, 0.3) is 0 Å². The van der Waals surface area contributed by atoms with Gasteiger partial charge in [-0.25, -0.2) is 19.3 Å². The molecule has 3 fully saturated rings. The summed E-state index contributed by atoms with van der Waals surface area (Å²) >= 11 is 0. The van der Waals surface area contributed by atoms with Crippen molar-refractivity contribution in [3.05, 3.63) is 131 Å². The van der Waals surface area contributed by atoms with Crippen molar-refractivity contribution in [2.24, 2.45) is 17.6 Å². The van der Waals surface area contributed by atoms with E-state index < -0.39 is 83.3 Å². The number of hydrogen-bond donors (Lipinski definition) is 4. The molecule has 6 amide bonds. The van der Waals surface area contributed by atoms with E-state index in [1.54, 1.807) is 49.1 Å². The van der Waals surface area contributed by atoms with Gasteiger partial charge in [0, 0.05) is 18.7 Å². The molecule has 0 unspecified atom stereocenters. The number of urea groups is 2. The Labute approximate surface area is 383 Å². The van der Waals surface area contributed by atoms with E-state index in [-0.39, 0.29) is 23.5 Å². The number of phenolic OH excluding ortho intramolecular Hbond substituents is 1. The first-order valence-corrected chi connectivity index (χ1v) is 22.4. The highest BCUT2D eigenvalue weighted by atomic mass is 16.6. The van der Waals surface area contributed by atoms with Gasteiger partial charge in [-0.3, -0.25) is 19.3 Å². The van der Waals surface area contributed by atoms with Crippen LogP contribution in [0.2, 0.25) is 0 Å². The largest absolute Gasteiger partial charge is 0.508 e. The zero-order valence-corrected chi connectivity index (χ0v) is 37.1. The Hall–Kier alpha value is -7.18. The van der Waals surface area contributed by atoms with E-state index in [1.165, 1.54) is 19.2 Å². The lowest BCUT2D eigenvalue weighted by atomic mass is 9.64. The number of cyclic esters (lactones) is 1. The highest BCUT2D eigenvalue weighted by molar-refractivity contribution is 6.25. The highest BCUT2D eigenvalue weighted by Gasteiger charge is 2.76. The van der Waals surface area contributed by atoms with E-state index in [9.17, 15) is 19.5 Å². The Bertz CT molecular complexity index is 2550. The molecule has 4 aliphatic heterocycles. The zero-order chi connectivity index (χ0) is 46.7. The number of nitrogens with one attached hydrogen (secondary N) is 2. The number of methoxy groups -OCH3 is 1. The number of hydrogen-bond acceptors (Lipinski definition) is 10. The first-order chi connectivity index (χ1) is 31.9. The van der Waals surface area contributed by atoms with Gasteiger partial charge in [-0.05, 0) is 71.3 Å². The summed E-state index contributed by atoms with van der Waals surface area (Å²) in [4.78, 5) is 92.3. The number of primary amides is 1. The van der Waals surface area contributed by atoms with Crippen LogP contribution in [-0.4, -0.2) is 89.5 Å². The number of imide groups is 1. The molecule has 8 rings (SSSR count). The number of phenols is 1.